The fourth-order valence-electron chi connectivity index (χ4n) is 1.96. The minimum atomic E-state index is 0.166. The fourth-order valence-corrected chi connectivity index (χ4v) is 3.86. The van der Waals surface area contributed by atoms with Gasteiger partial charge in [0.05, 0.1) is 5.69 Å². The highest BCUT2D eigenvalue weighted by Crippen LogP contribution is 2.35. The Balaban J connectivity index is 2.25. The first-order chi connectivity index (χ1) is 9.92. The van der Waals surface area contributed by atoms with Crippen molar-refractivity contribution < 1.29 is 0 Å². The van der Waals surface area contributed by atoms with Crippen molar-refractivity contribution in [2.45, 2.75) is 42.1 Å². The smallest absolute Gasteiger partial charge is 0.208 e. The van der Waals surface area contributed by atoms with E-state index >= 15 is 0 Å². The van der Waals surface area contributed by atoms with E-state index in [2.05, 4.69) is 22.2 Å². The third kappa shape index (κ3) is 3.75. The predicted molar refractivity (Wildman–Crippen MR) is 88.3 cm³/mol. The Morgan fingerprint density at radius 2 is 2.10 bits per heavy atom. The zero-order chi connectivity index (χ0) is 15.6. The molecule has 0 amide bonds. The third-order valence-electron chi connectivity index (χ3n) is 3.24. The molecule has 2 heterocycles. The van der Waals surface area contributed by atoms with Crippen molar-refractivity contribution in [1.29, 1.82) is 0 Å². The number of rotatable bonds is 6. The molecule has 0 saturated carbocycles. The maximum Gasteiger partial charge on any atom is 0.208 e. The zero-order valence-corrected chi connectivity index (χ0v) is 14.8. The Morgan fingerprint density at radius 3 is 2.67 bits per heavy atom. The first-order valence-electron chi connectivity index (χ1n) is 6.89. The fraction of sp³-hybridized carbons (Fsp3) is 0.615. The molecule has 21 heavy (non-hydrogen) atoms. The number of aryl methyl sites for hydroxylation is 2. The van der Waals surface area contributed by atoms with Gasteiger partial charge in [0.15, 0.2) is 4.34 Å². The van der Waals surface area contributed by atoms with Gasteiger partial charge in [-0.1, -0.05) is 18.3 Å². The Morgan fingerprint density at radius 1 is 1.38 bits per heavy atom. The SMILES string of the molecule is CCC(N)Cc1c(C)nn(C)c1Sc1nnc(N(C)C)s1. The van der Waals surface area contributed by atoms with E-state index in [9.17, 15) is 0 Å². The van der Waals surface area contributed by atoms with Crippen molar-refractivity contribution in [3.8, 4) is 0 Å². The van der Waals surface area contributed by atoms with Crippen LogP contribution in [0.5, 0.6) is 0 Å². The lowest BCUT2D eigenvalue weighted by Gasteiger charge is -2.09. The second-order valence-corrected chi connectivity index (χ2v) is 7.40. The van der Waals surface area contributed by atoms with E-state index in [-0.39, 0.29) is 6.04 Å². The van der Waals surface area contributed by atoms with Gasteiger partial charge in [0, 0.05) is 32.7 Å². The summed E-state index contributed by atoms with van der Waals surface area (Å²) >= 11 is 3.20. The van der Waals surface area contributed by atoms with E-state index in [1.165, 1.54) is 5.56 Å². The normalized spacial score (nSPS) is 12.7. The highest BCUT2D eigenvalue weighted by molar-refractivity contribution is 8.01. The minimum absolute atomic E-state index is 0.166. The van der Waals surface area contributed by atoms with E-state index in [1.807, 2.05) is 37.6 Å². The predicted octanol–water partition coefficient (Wildman–Crippen LogP) is 2.08. The van der Waals surface area contributed by atoms with Crippen molar-refractivity contribution in [2.24, 2.45) is 12.8 Å². The number of nitrogens with two attached hydrogens (primary N) is 1. The van der Waals surface area contributed by atoms with Gasteiger partial charge in [0.1, 0.15) is 5.03 Å². The van der Waals surface area contributed by atoms with E-state index in [0.29, 0.717) is 0 Å². The number of nitrogens with zero attached hydrogens (tertiary/aromatic N) is 5. The van der Waals surface area contributed by atoms with Crippen LogP contribution in [0.2, 0.25) is 0 Å². The lowest BCUT2D eigenvalue weighted by atomic mass is 10.1. The summed E-state index contributed by atoms with van der Waals surface area (Å²) in [5.41, 5.74) is 8.37. The molecule has 1 atom stereocenters. The van der Waals surface area contributed by atoms with Gasteiger partial charge in [-0.25, -0.2) is 0 Å². The molecule has 0 aliphatic heterocycles. The van der Waals surface area contributed by atoms with Crippen LogP contribution in [-0.4, -0.2) is 40.1 Å². The Hall–Kier alpha value is -1.12. The first-order valence-corrected chi connectivity index (χ1v) is 8.52. The lowest BCUT2D eigenvalue weighted by molar-refractivity contribution is 0.631. The number of hydrogen-bond acceptors (Lipinski definition) is 7. The summed E-state index contributed by atoms with van der Waals surface area (Å²) < 4.78 is 2.84. The van der Waals surface area contributed by atoms with E-state index < -0.39 is 0 Å². The van der Waals surface area contributed by atoms with Crippen molar-refractivity contribution in [3.05, 3.63) is 11.3 Å². The van der Waals surface area contributed by atoms with Crippen LogP contribution in [0.1, 0.15) is 24.6 Å². The Labute approximate surface area is 133 Å². The molecule has 0 saturated heterocycles. The van der Waals surface area contributed by atoms with Crippen LogP contribution in [0.4, 0.5) is 5.13 Å². The topological polar surface area (TPSA) is 72.9 Å². The van der Waals surface area contributed by atoms with Gasteiger partial charge < -0.3 is 10.6 Å². The van der Waals surface area contributed by atoms with Crippen LogP contribution in [-0.2, 0) is 13.5 Å². The average Bonchev–Trinajstić information content (AvgIpc) is 2.99. The molecule has 2 rings (SSSR count). The maximum absolute atomic E-state index is 6.11. The summed E-state index contributed by atoms with van der Waals surface area (Å²) in [4.78, 5) is 1.96. The minimum Gasteiger partial charge on any atom is -0.353 e. The molecule has 0 aliphatic rings. The molecule has 2 aromatic heterocycles. The molecule has 0 fully saturated rings. The summed E-state index contributed by atoms with van der Waals surface area (Å²) in [6.45, 7) is 4.14. The Bertz CT molecular complexity index is 604. The average molecular weight is 326 g/mol. The third-order valence-corrected chi connectivity index (χ3v) is 5.59. The van der Waals surface area contributed by atoms with Crippen LogP contribution >= 0.6 is 23.1 Å². The molecule has 0 radical (unpaired) electrons. The first kappa shape index (κ1) is 16.3. The summed E-state index contributed by atoms with van der Waals surface area (Å²) in [5.74, 6) is 0. The van der Waals surface area contributed by atoms with Crippen molar-refractivity contribution in [1.82, 2.24) is 20.0 Å². The number of aromatic nitrogens is 4. The van der Waals surface area contributed by atoms with Crippen LogP contribution in [0.15, 0.2) is 9.37 Å². The molecule has 2 aromatic rings. The van der Waals surface area contributed by atoms with Crippen LogP contribution in [0, 0.1) is 6.92 Å². The molecule has 1 unspecified atom stereocenters. The summed E-state index contributed by atoms with van der Waals surface area (Å²) in [7, 11) is 5.90. The number of hydrogen-bond donors (Lipinski definition) is 1. The van der Waals surface area contributed by atoms with Crippen molar-refractivity contribution in [3.63, 3.8) is 0 Å². The van der Waals surface area contributed by atoms with Gasteiger partial charge >= 0.3 is 0 Å². The van der Waals surface area contributed by atoms with Crippen LogP contribution < -0.4 is 10.6 Å². The molecular formula is C13H22N6S2. The van der Waals surface area contributed by atoms with Crippen LogP contribution in [0.3, 0.4) is 0 Å². The van der Waals surface area contributed by atoms with Crippen molar-refractivity contribution >= 4 is 28.2 Å². The lowest BCUT2D eigenvalue weighted by Crippen LogP contribution is -2.21. The highest BCUT2D eigenvalue weighted by Gasteiger charge is 2.18. The summed E-state index contributed by atoms with van der Waals surface area (Å²) in [6, 6.07) is 0.166. The maximum atomic E-state index is 6.11. The largest absolute Gasteiger partial charge is 0.353 e. The molecule has 8 heteroatoms. The van der Waals surface area contributed by atoms with Gasteiger partial charge in [-0.15, -0.1) is 10.2 Å². The molecule has 0 bridgehead atoms. The molecule has 6 nitrogen and oxygen atoms in total. The van der Waals surface area contributed by atoms with Crippen LogP contribution in [0.25, 0.3) is 0 Å². The number of anilines is 1. The quantitative estimate of drug-likeness (QED) is 0.876. The highest BCUT2D eigenvalue weighted by atomic mass is 32.2. The van der Waals surface area contributed by atoms with E-state index in [1.54, 1.807) is 23.1 Å². The molecule has 116 valence electrons. The van der Waals surface area contributed by atoms with Gasteiger partial charge in [0.25, 0.3) is 0 Å². The van der Waals surface area contributed by atoms with Gasteiger partial charge in [-0.3, -0.25) is 4.68 Å². The van der Waals surface area contributed by atoms with Gasteiger partial charge in [-0.05, 0) is 31.5 Å². The van der Waals surface area contributed by atoms with E-state index in [0.717, 1.165) is 33.0 Å². The van der Waals surface area contributed by atoms with Gasteiger partial charge in [0.2, 0.25) is 5.13 Å². The second-order valence-electron chi connectivity index (χ2n) is 5.21. The molecule has 2 N–H and O–H groups in total. The monoisotopic (exact) mass is 326 g/mol. The van der Waals surface area contributed by atoms with E-state index in [4.69, 9.17) is 5.73 Å². The standard InChI is InChI=1S/C13H22N6S2/c1-6-9(14)7-10-8(2)17-19(5)11(10)20-13-16-15-12(21-13)18(3)4/h9H,6-7,14H2,1-5H3. The van der Waals surface area contributed by atoms with Gasteiger partial charge in [-0.2, -0.15) is 5.10 Å². The summed E-state index contributed by atoms with van der Waals surface area (Å²) in [5, 5.41) is 15.0. The summed E-state index contributed by atoms with van der Waals surface area (Å²) in [6.07, 6.45) is 1.81. The Kier molecular flexibility index (Phi) is 5.23. The second kappa shape index (κ2) is 6.76. The van der Waals surface area contributed by atoms with Crippen molar-refractivity contribution in [2.75, 3.05) is 19.0 Å². The molecule has 0 aliphatic carbocycles. The molecule has 0 aromatic carbocycles. The molecular weight excluding hydrogens is 304 g/mol. The molecule has 0 spiro atoms. The zero-order valence-electron chi connectivity index (χ0n) is 13.1.